The number of hydrogen-bond donors (Lipinski definition) is 0. The molecule has 1 aromatic carbocycles. The molecule has 0 spiro atoms. The van der Waals surface area contributed by atoms with Gasteiger partial charge in [0.05, 0.1) is 16.5 Å². The molecule has 0 saturated heterocycles. The number of halogens is 2. The van der Waals surface area contributed by atoms with Gasteiger partial charge >= 0.3 is 0 Å². The summed E-state index contributed by atoms with van der Waals surface area (Å²) >= 11 is 0. The first-order valence-electron chi connectivity index (χ1n) is 3.72. The van der Waals surface area contributed by atoms with E-state index in [-0.39, 0.29) is 0 Å². The summed E-state index contributed by atoms with van der Waals surface area (Å²) in [6.07, 6.45) is -3.10. The van der Waals surface area contributed by atoms with Crippen LogP contribution in [0.5, 0.6) is 0 Å². The molecule has 0 unspecified atom stereocenters. The van der Waals surface area contributed by atoms with Crippen molar-refractivity contribution in [3.8, 4) is 0 Å². The van der Waals surface area contributed by atoms with Crippen molar-refractivity contribution in [1.82, 2.24) is 0 Å². The molecule has 0 N–H and O–H groups in total. The van der Waals surface area contributed by atoms with E-state index in [1.807, 2.05) is 0 Å². The summed E-state index contributed by atoms with van der Waals surface area (Å²) < 4.78 is 24.6. The van der Waals surface area contributed by atoms with Crippen molar-refractivity contribution < 1.29 is 23.6 Å². The van der Waals surface area contributed by atoms with Gasteiger partial charge in [-0.3, -0.25) is 10.1 Å². The third-order valence-corrected chi connectivity index (χ3v) is 1.71. The van der Waals surface area contributed by atoms with Crippen molar-refractivity contribution in [1.29, 1.82) is 0 Å². The Bertz CT molecular complexity index is 419. The quantitative estimate of drug-likeness (QED) is 0.554. The van der Waals surface area contributed by atoms with Crippen molar-refractivity contribution in [3.05, 3.63) is 39.4 Å². The molecule has 0 aliphatic rings. The number of aromatic carboxylic acids is 1. The molecule has 0 heterocycles. The van der Waals surface area contributed by atoms with Gasteiger partial charge in [0.2, 0.25) is 0 Å². The number of alkyl halides is 2. The SMILES string of the molecule is O=C([O-])c1c(C(F)F)cccc1[N+](=O)[O-]. The molecule has 0 bridgehead atoms. The Morgan fingerprint density at radius 2 is 2.00 bits per heavy atom. The van der Waals surface area contributed by atoms with Crippen LogP contribution in [0.4, 0.5) is 14.5 Å². The highest BCUT2D eigenvalue weighted by atomic mass is 19.3. The number of carbonyl (C=O) groups is 1. The summed E-state index contributed by atoms with van der Waals surface area (Å²) in [5, 5.41) is 20.9. The van der Waals surface area contributed by atoms with Crippen LogP contribution in [-0.4, -0.2) is 10.9 Å². The molecular formula is C8H4F2NO4-. The van der Waals surface area contributed by atoms with E-state index in [1.54, 1.807) is 0 Å². The maximum Gasteiger partial charge on any atom is 0.278 e. The minimum absolute atomic E-state index is 0.808. The van der Waals surface area contributed by atoms with Gasteiger partial charge in [-0.1, -0.05) is 12.1 Å². The van der Waals surface area contributed by atoms with Crippen LogP contribution in [0, 0.1) is 10.1 Å². The van der Waals surface area contributed by atoms with Gasteiger partial charge in [-0.25, -0.2) is 8.78 Å². The molecule has 1 aromatic rings. The highest BCUT2D eigenvalue weighted by molar-refractivity contribution is 5.92. The second-order valence-electron chi connectivity index (χ2n) is 2.59. The van der Waals surface area contributed by atoms with Crippen molar-refractivity contribution in [2.24, 2.45) is 0 Å². The maximum absolute atomic E-state index is 12.3. The van der Waals surface area contributed by atoms with Crippen LogP contribution in [0.15, 0.2) is 18.2 Å². The van der Waals surface area contributed by atoms with Gasteiger partial charge in [-0.2, -0.15) is 0 Å². The van der Waals surface area contributed by atoms with Crippen molar-refractivity contribution in [3.63, 3.8) is 0 Å². The largest absolute Gasteiger partial charge is 0.545 e. The monoisotopic (exact) mass is 216 g/mol. The zero-order valence-electron chi connectivity index (χ0n) is 7.15. The molecule has 0 aromatic heterocycles. The lowest BCUT2D eigenvalue weighted by molar-refractivity contribution is -0.386. The zero-order valence-corrected chi connectivity index (χ0v) is 7.15. The first-order valence-corrected chi connectivity index (χ1v) is 3.72. The number of carboxylic acids is 1. The average Bonchev–Trinajstić information content (AvgIpc) is 2.16. The first-order chi connectivity index (χ1) is 6.95. The minimum atomic E-state index is -3.10. The Balaban J connectivity index is 3.48. The lowest BCUT2D eigenvalue weighted by atomic mass is 10.1. The molecule has 0 aliphatic heterocycles. The van der Waals surface area contributed by atoms with E-state index in [1.165, 1.54) is 0 Å². The van der Waals surface area contributed by atoms with E-state index >= 15 is 0 Å². The van der Waals surface area contributed by atoms with E-state index < -0.39 is 34.1 Å². The normalized spacial score (nSPS) is 10.3. The Morgan fingerprint density at radius 3 is 2.40 bits per heavy atom. The topological polar surface area (TPSA) is 83.3 Å². The summed E-state index contributed by atoms with van der Waals surface area (Å²) in [6, 6.07) is 2.63. The Hall–Kier alpha value is -2.05. The van der Waals surface area contributed by atoms with Gasteiger partial charge in [0.15, 0.2) is 0 Å². The van der Waals surface area contributed by atoms with Crippen molar-refractivity contribution >= 4 is 11.7 Å². The third-order valence-electron chi connectivity index (χ3n) is 1.71. The van der Waals surface area contributed by atoms with Crippen LogP contribution in [0.1, 0.15) is 22.3 Å². The van der Waals surface area contributed by atoms with Gasteiger partial charge in [-0.05, 0) is 0 Å². The standard InChI is InChI=1S/C8H5F2NO4/c9-7(10)4-2-1-3-5(11(14)15)6(4)8(12)13/h1-3,7H,(H,12,13)/p-1. The molecule has 0 saturated carbocycles. The number of carboxylic acid groups (broad SMARTS) is 1. The summed E-state index contributed by atoms with van der Waals surface area (Å²) in [5.41, 5.74) is -2.88. The smallest absolute Gasteiger partial charge is 0.278 e. The fourth-order valence-electron chi connectivity index (χ4n) is 1.11. The molecule has 5 nitrogen and oxygen atoms in total. The van der Waals surface area contributed by atoms with Gasteiger partial charge in [0, 0.05) is 11.6 Å². The third kappa shape index (κ3) is 2.06. The Kier molecular flexibility index (Phi) is 2.93. The second-order valence-corrected chi connectivity index (χ2v) is 2.59. The molecule has 0 atom stereocenters. The number of hydrogen-bond acceptors (Lipinski definition) is 4. The van der Waals surface area contributed by atoms with Gasteiger partial charge in [-0.15, -0.1) is 0 Å². The lowest BCUT2D eigenvalue weighted by Gasteiger charge is -2.09. The average molecular weight is 216 g/mol. The maximum atomic E-state index is 12.3. The molecule has 1 rings (SSSR count). The molecule has 0 amide bonds. The number of carbonyl (C=O) groups excluding carboxylic acids is 1. The summed E-state index contributed by atoms with van der Waals surface area (Å²) in [4.78, 5) is 19.8. The Morgan fingerprint density at radius 1 is 1.40 bits per heavy atom. The molecule has 7 heteroatoms. The fraction of sp³-hybridized carbons (Fsp3) is 0.125. The van der Waals surface area contributed by atoms with Gasteiger partial charge in [0.1, 0.15) is 0 Å². The van der Waals surface area contributed by atoms with E-state index in [2.05, 4.69) is 0 Å². The molecule has 0 fully saturated rings. The summed E-state index contributed by atoms with van der Waals surface area (Å²) in [6.45, 7) is 0. The van der Waals surface area contributed by atoms with E-state index in [9.17, 15) is 28.8 Å². The van der Waals surface area contributed by atoms with Crippen LogP contribution < -0.4 is 5.11 Å². The predicted octanol–water partition coefficient (Wildman–Crippen LogP) is 0.896. The van der Waals surface area contributed by atoms with Crippen LogP contribution >= 0.6 is 0 Å². The fourth-order valence-corrected chi connectivity index (χ4v) is 1.11. The number of benzene rings is 1. The van der Waals surface area contributed by atoms with E-state index in [4.69, 9.17) is 0 Å². The number of rotatable bonds is 3. The summed E-state index contributed by atoms with van der Waals surface area (Å²) in [7, 11) is 0. The Labute approximate surface area is 82.1 Å². The molecular weight excluding hydrogens is 212 g/mol. The van der Waals surface area contributed by atoms with Crippen molar-refractivity contribution in [2.45, 2.75) is 6.43 Å². The zero-order chi connectivity index (χ0) is 11.6. The van der Waals surface area contributed by atoms with Gasteiger partial charge < -0.3 is 9.90 Å². The number of nitro groups is 1. The van der Waals surface area contributed by atoms with E-state index in [0.717, 1.165) is 18.2 Å². The predicted molar refractivity (Wildman–Crippen MR) is 42.4 cm³/mol. The highest BCUT2D eigenvalue weighted by Crippen LogP contribution is 2.28. The number of nitrogens with zero attached hydrogens (tertiary/aromatic N) is 1. The summed E-state index contributed by atoms with van der Waals surface area (Å²) in [5.74, 6) is -1.99. The first kappa shape index (κ1) is 11.0. The van der Waals surface area contributed by atoms with Crippen LogP contribution in [-0.2, 0) is 0 Å². The lowest BCUT2D eigenvalue weighted by Crippen LogP contribution is -2.25. The van der Waals surface area contributed by atoms with Gasteiger partial charge in [0.25, 0.3) is 12.1 Å². The number of nitro benzene ring substituents is 1. The van der Waals surface area contributed by atoms with Crippen molar-refractivity contribution in [2.75, 3.05) is 0 Å². The second kappa shape index (κ2) is 3.99. The van der Waals surface area contributed by atoms with Crippen LogP contribution in [0.3, 0.4) is 0 Å². The minimum Gasteiger partial charge on any atom is -0.545 e. The molecule has 15 heavy (non-hydrogen) atoms. The van der Waals surface area contributed by atoms with Crippen LogP contribution in [0.25, 0.3) is 0 Å². The molecule has 0 radical (unpaired) electrons. The van der Waals surface area contributed by atoms with E-state index in [0.29, 0.717) is 0 Å². The molecule has 80 valence electrons. The van der Waals surface area contributed by atoms with Crippen LogP contribution in [0.2, 0.25) is 0 Å². The molecule has 0 aliphatic carbocycles. The highest BCUT2D eigenvalue weighted by Gasteiger charge is 2.22.